The van der Waals surface area contributed by atoms with E-state index in [1.54, 1.807) is 6.20 Å². The van der Waals surface area contributed by atoms with Crippen molar-refractivity contribution in [3.05, 3.63) is 109 Å². The zero-order valence-corrected chi connectivity index (χ0v) is 30.1. The monoisotopic (exact) mass is 776 g/mol. The van der Waals surface area contributed by atoms with Gasteiger partial charge in [-0.3, -0.25) is 0 Å². The fourth-order valence-corrected chi connectivity index (χ4v) is 7.05. The molecule has 0 aliphatic rings. The van der Waals surface area contributed by atoms with Crippen LogP contribution in [0.3, 0.4) is 0 Å². The molecule has 0 saturated heterocycles. The van der Waals surface area contributed by atoms with Crippen molar-refractivity contribution in [3.8, 4) is 22.5 Å². The summed E-state index contributed by atoms with van der Waals surface area (Å²) in [6.45, 7) is 16.2. The fraction of sp³-hybridized carbons (Fsp3) is 0.289. The fourth-order valence-electron chi connectivity index (χ4n) is 5.46. The van der Waals surface area contributed by atoms with Gasteiger partial charge in [-0.1, -0.05) is 81.5 Å². The van der Waals surface area contributed by atoms with Crippen molar-refractivity contribution in [1.82, 2.24) is 15.0 Å². The Bertz CT molecular complexity index is 1820. The molecular formula is C38H41IrN3OSi-2. The van der Waals surface area contributed by atoms with Crippen LogP contribution in [-0.4, -0.2) is 23.0 Å². The second kappa shape index (κ2) is 14.6. The van der Waals surface area contributed by atoms with E-state index in [-0.39, 0.29) is 20.1 Å². The molecule has 6 aromatic rings. The van der Waals surface area contributed by atoms with Crippen LogP contribution < -0.4 is 5.19 Å². The molecule has 0 aliphatic heterocycles. The van der Waals surface area contributed by atoms with Crippen LogP contribution in [0.25, 0.3) is 44.6 Å². The van der Waals surface area contributed by atoms with Gasteiger partial charge in [-0.05, 0) is 59.5 Å². The third-order valence-electron chi connectivity index (χ3n) is 7.34. The number of hydrogen-bond acceptors (Lipinski definition) is 4. The first-order valence-electron chi connectivity index (χ1n) is 15.2. The second-order valence-electron chi connectivity index (χ2n) is 13.1. The summed E-state index contributed by atoms with van der Waals surface area (Å²) in [5.41, 5.74) is 8.13. The summed E-state index contributed by atoms with van der Waals surface area (Å²) in [7, 11) is -1.34. The van der Waals surface area contributed by atoms with E-state index in [0.717, 1.165) is 51.7 Å². The largest absolute Gasteiger partial charge is 0.486 e. The molecule has 4 heterocycles. The summed E-state index contributed by atoms with van der Waals surface area (Å²) in [6.07, 6.45) is 7.88. The zero-order valence-electron chi connectivity index (χ0n) is 26.7. The number of nitrogens with zero attached hydrogens (tertiary/aromatic N) is 3. The zero-order chi connectivity index (χ0) is 30.6. The smallest absolute Gasteiger partial charge is 0.216 e. The first kappa shape index (κ1) is 33.4. The number of benzene rings is 2. The molecular weight excluding hydrogens is 735 g/mol. The topological polar surface area (TPSA) is 51.8 Å². The van der Waals surface area contributed by atoms with E-state index in [4.69, 9.17) is 4.42 Å². The molecule has 1 radical (unpaired) electrons. The van der Waals surface area contributed by atoms with E-state index in [0.29, 0.717) is 17.5 Å². The Morgan fingerprint density at radius 2 is 1.55 bits per heavy atom. The van der Waals surface area contributed by atoms with Gasteiger partial charge in [0.25, 0.3) is 0 Å². The first-order chi connectivity index (χ1) is 20.6. The van der Waals surface area contributed by atoms with Crippen LogP contribution in [-0.2, 0) is 32.9 Å². The van der Waals surface area contributed by atoms with Crippen molar-refractivity contribution in [3.63, 3.8) is 0 Å². The summed E-state index contributed by atoms with van der Waals surface area (Å²) in [5.74, 6) is 1.28. The van der Waals surface area contributed by atoms with E-state index in [1.165, 1.54) is 16.3 Å². The molecule has 0 aliphatic carbocycles. The van der Waals surface area contributed by atoms with Crippen molar-refractivity contribution in [2.24, 2.45) is 11.8 Å². The van der Waals surface area contributed by atoms with E-state index in [9.17, 15) is 0 Å². The molecule has 0 atom stereocenters. The van der Waals surface area contributed by atoms with Gasteiger partial charge in [0.15, 0.2) is 0 Å². The Morgan fingerprint density at radius 1 is 0.750 bits per heavy atom. The van der Waals surface area contributed by atoms with Gasteiger partial charge in [0.2, 0.25) is 5.71 Å². The Kier molecular flexibility index (Phi) is 11.1. The van der Waals surface area contributed by atoms with Gasteiger partial charge in [-0.2, -0.15) is 0 Å². The maximum absolute atomic E-state index is 5.98. The Balaban J connectivity index is 0.000000199. The van der Waals surface area contributed by atoms with Crippen LogP contribution in [0.5, 0.6) is 0 Å². The van der Waals surface area contributed by atoms with Gasteiger partial charge in [0, 0.05) is 44.1 Å². The Hall–Kier alpha value is -3.44. The second-order valence-corrected chi connectivity index (χ2v) is 18.1. The molecule has 6 rings (SSSR count). The number of aromatic nitrogens is 3. The van der Waals surface area contributed by atoms with Crippen molar-refractivity contribution < 1.29 is 24.5 Å². The maximum atomic E-state index is 5.98. The number of furan rings is 1. The minimum Gasteiger partial charge on any atom is -0.486 e. The van der Waals surface area contributed by atoms with Crippen LogP contribution >= 0.6 is 0 Å². The van der Waals surface area contributed by atoms with Crippen molar-refractivity contribution in [2.75, 3.05) is 0 Å². The molecule has 4 nitrogen and oxygen atoms in total. The van der Waals surface area contributed by atoms with Crippen LogP contribution in [0, 0.1) is 24.0 Å². The van der Waals surface area contributed by atoms with E-state index in [2.05, 4.69) is 105 Å². The standard InChI is InChI=1S/C20H17N2O.C18H24NSi.Ir/c1-13(2)11-14-8-10-21-18(12-14)17-6-3-5-15-16-7-4-9-22-20(16)23-19(15)17;1-14(2)11-16-12-17(15-9-7-6-8-10-15)19-13-18(16)20(3,4)5;/h3-5,7-10,12-13H,11H2,1-2H3;6-9,12-14H,11H2,1-5H3;/q2*-1;. The molecule has 0 fully saturated rings. The Morgan fingerprint density at radius 3 is 2.25 bits per heavy atom. The first-order valence-corrected chi connectivity index (χ1v) is 18.7. The van der Waals surface area contributed by atoms with Gasteiger partial charge >= 0.3 is 0 Å². The quantitative estimate of drug-likeness (QED) is 0.120. The predicted molar refractivity (Wildman–Crippen MR) is 182 cm³/mol. The normalized spacial score (nSPS) is 11.5. The minimum atomic E-state index is -1.34. The van der Waals surface area contributed by atoms with E-state index < -0.39 is 8.07 Å². The number of hydrogen-bond donors (Lipinski definition) is 0. The van der Waals surface area contributed by atoms with Crippen molar-refractivity contribution in [2.45, 2.75) is 60.2 Å². The van der Waals surface area contributed by atoms with Crippen LogP contribution in [0.2, 0.25) is 19.6 Å². The van der Waals surface area contributed by atoms with Crippen LogP contribution in [0.4, 0.5) is 0 Å². The maximum Gasteiger partial charge on any atom is 0.216 e. The third-order valence-corrected chi connectivity index (χ3v) is 9.41. The molecule has 2 aromatic carbocycles. The molecule has 4 aromatic heterocycles. The van der Waals surface area contributed by atoms with Gasteiger partial charge < -0.3 is 14.4 Å². The van der Waals surface area contributed by atoms with Gasteiger partial charge in [-0.25, -0.2) is 4.98 Å². The molecule has 6 heteroatoms. The van der Waals surface area contributed by atoms with E-state index in [1.807, 2.05) is 48.7 Å². The summed E-state index contributed by atoms with van der Waals surface area (Å²) in [6, 6.07) is 29.0. The van der Waals surface area contributed by atoms with Gasteiger partial charge in [-0.15, -0.1) is 54.1 Å². The third kappa shape index (κ3) is 7.98. The minimum absolute atomic E-state index is 0. The van der Waals surface area contributed by atoms with Crippen molar-refractivity contribution >= 4 is 35.3 Å². The molecule has 0 saturated carbocycles. The average molecular weight is 776 g/mol. The summed E-state index contributed by atoms with van der Waals surface area (Å²) < 4.78 is 5.98. The summed E-state index contributed by atoms with van der Waals surface area (Å²) in [5, 5.41) is 3.57. The molecule has 0 spiro atoms. The van der Waals surface area contributed by atoms with Crippen LogP contribution in [0.15, 0.2) is 89.7 Å². The molecule has 229 valence electrons. The van der Waals surface area contributed by atoms with Gasteiger partial charge in [0.05, 0.1) is 13.7 Å². The number of fused-ring (bicyclic) bond motifs is 3. The van der Waals surface area contributed by atoms with E-state index >= 15 is 0 Å². The van der Waals surface area contributed by atoms with Crippen LogP contribution in [0.1, 0.15) is 38.8 Å². The number of rotatable bonds is 7. The summed E-state index contributed by atoms with van der Waals surface area (Å²) in [4.78, 5) is 13.5. The van der Waals surface area contributed by atoms with Gasteiger partial charge in [0.1, 0.15) is 0 Å². The average Bonchev–Trinajstić information content (AvgIpc) is 3.36. The predicted octanol–water partition coefficient (Wildman–Crippen LogP) is 9.33. The molecule has 0 amide bonds. The molecule has 0 unspecified atom stereocenters. The number of pyridine rings is 3. The Labute approximate surface area is 276 Å². The molecule has 0 bridgehead atoms. The molecule has 44 heavy (non-hydrogen) atoms. The summed E-state index contributed by atoms with van der Waals surface area (Å²) >= 11 is 0. The molecule has 0 N–H and O–H groups in total. The van der Waals surface area contributed by atoms with Crippen molar-refractivity contribution in [1.29, 1.82) is 0 Å². The SMILES string of the molecule is CC(C)Cc1cc(-c2[c-]cccc2)ncc1[Si](C)(C)C.CC(C)Cc1ccnc(-c2[c-]ccc3c2oc2ncccc23)c1.[Ir].